The molecule has 2 heteroatoms. The van der Waals surface area contributed by atoms with Crippen LogP contribution >= 0.6 is 0 Å². The molecule has 2 nitrogen and oxygen atoms in total. The lowest BCUT2D eigenvalue weighted by atomic mass is 10.2. The van der Waals surface area contributed by atoms with Crippen LogP contribution in [0.25, 0.3) is 0 Å². The number of hydrogen-bond acceptors (Lipinski definition) is 2. The molecule has 0 heterocycles. The van der Waals surface area contributed by atoms with Crippen LogP contribution < -0.4 is 9.47 Å². The molecule has 0 fully saturated rings. The van der Waals surface area contributed by atoms with Gasteiger partial charge in [0.25, 0.3) is 0 Å². The van der Waals surface area contributed by atoms with Gasteiger partial charge >= 0.3 is 0 Å². The molecule has 0 aliphatic heterocycles. The molecular weight excluding hydrogens is 224 g/mol. The van der Waals surface area contributed by atoms with E-state index in [-0.39, 0.29) is 0 Å². The van der Waals surface area contributed by atoms with E-state index in [9.17, 15) is 0 Å². The first-order valence-corrected chi connectivity index (χ1v) is 5.80. The number of benzene rings is 2. The van der Waals surface area contributed by atoms with Crippen LogP contribution in [0.15, 0.2) is 61.2 Å². The molecule has 0 N–H and O–H groups in total. The van der Waals surface area contributed by atoms with Gasteiger partial charge in [0.15, 0.2) is 0 Å². The van der Waals surface area contributed by atoms with E-state index in [0.29, 0.717) is 19.0 Å². The summed E-state index contributed by atoms with van der Waals surface area (Å²) in [6.07, 6.45) is 1.70. The Kier molecular flexibility index (Phi) is 4.42. The molecule has 0 saturated carbocycles. The molecule has 2 rings (SSSR count). The second kappa shape index (κ2) is 6.50. The van der Waals surface area contributed by atoms with Gasteiger partial charge in [-0.15, -0.1) is 0 Å². The third-order valence-corrected chi connectivity index (χ3v) is 2.35. The van der Waals surface area contributed by atoms with Gasteiger partial charge in [0.1, 0.15) is 24.7 Å². The predicted molar refractivity (Wildman–Crippen MR) is 71.7 cm³/mol. The van der Waals surface area contributed by atoms with Crippen molar-refractivity contribution < 1.29 is 9.47 Å². The quantitative estimate of drug-likeness (QED) is 0.717. The summed E-state index contributed by atoms with van der Waals surface area (Å²) in [7, 11) is 0. The van der Waals surface area contributed by atoms with Gasteiger partial charge in [0.2, 0.25) is 0 Å². The molecule has 18 heavy (non-hydrogen) atoms. The number of rotatable bonds is 6. The van der Waals surface area contributed by atoms with E-state index < -0.39 is 0 Å². The maximum Gasteiger partial charge on any atom is 0.131 e. The SMILES string of the molecule is C=CCOc1[c]ccc(OCc2ccccc2)c1. The molecule has 0 saturated heterocycles. The Balaban J connectivity index is 1.95. The van der Waals surface area contributed by atoms with Crippen molar-refractivity contribution in [3.05, 3.63) is 72.8 Å². The molecule has 1 radical (unpaired) electrons. The van der Waals surface area contributed by atoms with Crippen LogP contribution in [-0.2, 0) is 6.61 Å². The molecule has 91 valence electrons. The molecule has 0 aliphatic rings. The first-order chi connectivity index (χ1) is 8.88. The van der Waals surface area contributed by atoms with Crippen molar-refractivity contribution in [2.75, 3.05) is 6.61 Å². The Hall–Kier alpha value is -2.22. The molecule has 0 bridgehead atoms. The molecule has 2 aromatic carbocycles. The average molecular weight is 239 g/mol. The van der Waals surface area contributed by atoms with Crippen molar-refractivity contribution in [1.82, 2.24) is 0 Å². The summed E-state index contributed by atoms with van der Waals surface area (Å²) in [6.45, 7) is 4.62. The van der Waals surface area contributed by atoms with Crippen LogP contribution in [-0.4, -0.2) is 6.61 Å². The fourth-order valence-electron chi connectivity index (χ4n) is 1.49. The molecular formula is C16H15O2. The highest BCUT2D eigenvalue weighted by atomic mass is 16.5. The van der Waals surface area contributed by atoms with Crippen LogP contribution in [0.1, 0.15) is 5.56 Å². The minimum absolute atomic E-state index is 0.471. The Morgan fingerprint density at radius 2 is 1.94 bits per heavy atom. The van der Waals surface area contributed by atoms with Gasteiger partial charge in [-0.2, -0.15) is 0 Å². The Morgan fingerprint density at radius 1 is 1.11 bits per heavy atom. The van der Waals surface area contributed by atoms with Gasteiger partial charge in [0, 0.05) is 12.1 Å². The molecule has 0 amide bonds. The standard InChI is InChI=1S/C16H15O2/c1-2-11-17-15-9-6-10-16(12-15)18-13-14-7-4-3-5-8-14/h2-8,10,12H,1,11,13H2. The third-order valence-electron chi connectivity index (χ3n) is 2.35. The first kappa shape index (κ1) is 12.2. The topological polar surface area (TPSA) is 18.5 Å². The second-order valence-electron chi connectivity index (χ2n) is 3.76. The zero-order valence-corrected chi connectivity index (χ0v) is 10.1. The van der Waals surface area contributed by atoms with Crippen LogP contribution in [0.3, 0.4) is 0 Å². The third kappa shape index (κ3) is 3.67. The van der Waals surface area contributed by atoms with E-state index in [1.54, 1.807) is 12.1 Å². The van der Waals surface area contributed by atoms with Crippen molar-refractivity contribution in [1.29, 1.82) is 0 Å². The summed E-state index contributed by atoms with van der Waals surface area (Å²) < 4.78 is 11.1. The van der Waals surface area contributed by atoms with E-state index in [0.717, 1.165) is 11.3 Å². The fraction of sp³-hybridized carbons (Fsp3) is 0.125. The second-order valence-corrected chi connectivity index (χ2v) is 3.76. The Morgan fingerprint density at radius 3 is 2.72 bits per heavy atom. The molecule has 0 atom stereocenters. The lowest BCUT2D eigenvalue weighted by Gasteiger charge is -2.08. The monoisotopic (exact) mass is 239 g/mol. The molecule has 0 aromatic heterocycles. The highest BCUT2D eigenvalue weighted by Gasteiger charge is 1.98. The summed E-state index contributed by atoms with van der Waals surface area (Å²) in [5.41, 5.74) is 1.14. The van der Waals surface area contributed by atoms with Crippen molar-refractivity contribution in [3.63, 3.8) is 0 Å². The van der Waals surface area contributed by atoms with E-state index >= 15 is 0 Å². The Labute approximate surface area is 107 Å². The van der Waals surface area contributed by atoms with Crippen LogP contribution in [0.5, 0.6) is 11.5 Å². The first-order valence-electron chi connectivity index (χ1n) is 5.80. The normalized spacial score (nSPS) is 9.78. The smallest absolute Gasteiger partial charge is 0.131 e. The highest BCUT2D eigenvalue weighted by molar-refractivity contribution is 5.32. The average Bonchev–Trinajstić information content (AvgIpc) is 2.44. The van der Waals surface area contributed by atoms with Crippen molar-refractivity contribution in [2.24, 2.45) is 0 Å². The summed E-state index contributed by atoms with van der Waals surface area (Å²) in [6, 6.07) is 18.5. The van der Waals surface area contributed by atoms with E-state index in [2.05, 4.69) is 12.6 Å². The van der Waals surface area contributed by atoms with Crippen LogP contribution in [0.4, 0.5) is 0 Å². The zero-order valence-electron chi connectivity index (χ0n) is 10.1. The van der Waals surface area contributed by atoms with Gasteiger partial charge < -0.3 is 9.47 Å². The van der Waals surface area contributed by atoms with Crippen molar-refractivity contribution in [3.8, 4) is 11.5 Å². The minimum Gasteiger partial charge on any atom is -0.489 e. The largest absolute Gasteiger partial charge is 0.489 e. The van der Waals surface area contributed by atoms with Crippen LogP contribution in [0, 0.1) is 6.07 Å². The summed E-state index contributed by atoms with van der Waals surface area (Å²) in [5.74, 6) is 1.44. The molecule has 0 unspecified atom stereocenters. The Bertz CT molecular complexity index is 491. The number of ether oxygens (including phenoxy) is 2. The zero-order chi connectivity index (χ0) is 12.6. The maximum atomic E-state index is 5.69. The summed E-state index contributed by atoms with van der Waals surface area (Å²) in [5, 5.41) is 0. The van der Waals surface area contributed by atoms with Crippen LogP contribution in [0.2, 0.25) is 0 Å². The highest BCUT2D eigenvalue weighted by Crippen LogP contribution is 2.19. The van der Waals surface area contributed by atoms with Crippen molar-refractivity contribution >= 4 is 0 Å². The predicted octanol–water partition coefficient (Wildman–Crippen LogP) is 3.63. The minimum atomic E-state index is 0.471. The molecule has 2 aromatic rings. The summed E-state index contributed by atoms with van der Waals surface area (Å²) in [4.78, 5) is 0. The van der Waals surface area contributed by atoms with Gasteiger partial charge in [0.05, 0.1) is 0 Å². The van der Waals surface area contributed by atoms with Gasteiger partial charge in [-0.25, -0.2) is 0 Å². The van der Waals surface area contributed by atoms with E-state index in [4.69, 9.17) is 9.47 Å². The lowest BCUT2D eigenvalue weighted by Crippen LogP contribution is -1.96. The van der Waals surface area contributed by atoms with Gasteiger partial charge in [-0.3, -0.25) is 0 Å². The van der Waals surface area contributed by atoms with Gasteiger partial charge in [-0.1, -0.05) is 43.0 Å². The number of hydrogen-bond donors (Lipinski definition) is 0. The lowest BCUT2D eigenvalue weighted by molar-refractivity contribution is 0.301. The fourth-order valence-corrected chi connectivity index (χ4v) is 1.49. The molecule has 0 spiro atoms. The summed E-state index contributed by atoms with van der Waals surface area (Å²) >= 11 is 0. The van der Waals surface area contributed by atoms with Gasteiger partial charge in [-0.05, 0) is 17.7 Å². The molecule has 0 aliphatic carbocycles. The van der Waals surface area contributed by atoms with Crippen molar-refractivity contribution in [2.45, 2.75) is 6.61 Å². The maximum absolute atomic E-state index is 5.69. The van der Waals surface area contributed by atoms with E-state index in [1.807, 2.05) is 42.5 Å². The van der Waals surface area contributed by atoms with E-state index in [1.165, 1.54) is 0 Å².